The van der Waals surface area contributed by atoms with Crippen molar-refractivity contribution < 1.29 is 5.11 Å². The van der Waals surface area contributed by atoms with E-state index < -0.39 is 0 Å². The van der Waals surface area contributed by atoms with E-state index in [9.17, 15) is 0 Å². The molecule has 1 heterocycles. The molecule has 0 aliphatic rings. The number of nitrogens with zero attached hydrogens (tertiary/aromatic N) is 1. The maximum Gasteiger partial charge on any atom is 0.134 e. The molecule has 0 radical (unpaired) electrons. The summed E-state index contributed by atoms with van der Waals surface area (Å²) >= 11 is 0. The standard InChI is InChI=1S/C9H10N2O/c1-6(10)8-4-3-5-11-9(8)7(2)12/h3-5,12H,1-2,10H2. The minimum absolute atomic E-state index is 0.0998. The van der Waals surface area contributed by atoms with Crippen molar-refractivity contribution in [1.82, 2.24) is 4.98 Å². The quantitative estimate of drug-likeness (QED) is 0.648. The highest BCUT2D eigenvalue weighted by molar-refractivity contribution is 5.71. The van der Waals surface area contributed by atoms with E-state index in [0.29, 0.717) is 17.0 Å². The topological polar surface area (TPSA) is 59.1 Å². The van der Waals surface area contributed by atoms with Crippen LogP contribution >= 0.6 is 0 Å². The number of hydrogen-bond acceptors (Lipinski definition) is 3. The second-order valence-corrected chi connectivity index (χ2v) is 2.37. The van der Waals surface area contributed by atoms with E-state index in [2.05, 4.69) is 18.1 Å². The van der Waals surface area contributed by atoms with Crippen molar-refractivity contribution in [3.63, 3.8) is 0 Å². The molecular weight excluding hydrogens is 152 g/mol. The fraction of sp³-hybridized carbons (Fsp3) is 0. The Hall–Kier alpha value is -1.77. The third-order valence-corrected chi connectivity index (χ3v) is 1.43. The van der Waals surface area contributed by atoms with Crippen molar-refractivity contribution in [2.75, 3.05) is 0 Å². The van der Waals surface area contributed by atoms with Crippen LogP contribution in [0.1, 0.15) is 11.3 Å². The van der Waals surface area contributed by atoms with E-state index in [-0.39, 0.29) is 5.76 Å². The van der Waals surface area contributed by atoms with Gasteiger partial charge in [-0.2, -0.15) is 0 Å². The Kier molecular flexibility index (Phi) is 2.14. The lowest BCUT2D eigenvalue weighted by Crippen LogP contribution is -2.00. The number of aliphatic hydroxyl groups is 1. The molecule has 1 rings (SSSR count). The molecule has 1 aromatic heterocycles. The largest absolute Gasteiger partial charge is 0.506 e. The van der Waals surface area contributed by atoms with Crippen LogP contribution in [0.25, 0.3) is 11.5 Å². The van der Waals surface area contributed by atoms with E-state index >= 15 is 0 Å². The Labute approximate surface area is 70.9 Å². The van der Waals surface area contributed by atoms with Crippen molar-refractivity contribution in [2.24, 2.45) is 5.73 Å². The Balaban J connectivity index is 3.27. The van der Waals surface area contributed by atoms with Gasteiger partial charge in [-0.1, -0.05) is 13.2 Å². The zero-order valence-corrected chi connectivity index (χ0v) is 6.62. The fourth-order valence-electron chi connectivity index (χ4n) is 0.894. The lowest BCUT2D eigenvalue weighted by atomic mass is 10.1. The first-order chi connectivity index (χ1) is 5.63. The molecule has 0 aliphatic carbocycles. The highest BCUT2D eigenvalue weighted by Crippen LogP contribution is 2.15. The van der Waals surface area contributed by atoms with Crippen molar-refractivity contribution in [2.45, 2.75) is 0 Å². The third kappa shape index (κ3) is 1.45. The van der Waals surface area contributed by atoms with E-state index in [4.69, 9.17) is 10.8 Å². The first-order valence-electron chi connectivity index (χ1n) is 3.41. The summed E-state index contributed by atoms with van der Waals surface area (Å²) < 4.78 is 0. The summed E-state index contributed by atoms with van der Waals surface area (Å²) in [7, 11) is 0. The van der Waals surface area contributed by atoms with Crippen molar-refractivity contribution >= 4 is 11.5 Å². The number of aliphatic hydroxyl groups excluding tert-OH is 1. The minimum atomic E-state index is -0.0998. The van der Waals surface area contributed by atoms with Gasteiger partial charge >= 0.3 is 0 Å². The van der Waals surface area contributed by atoms with Gasteiger partial charge in [-0.05, 0) is 12.1 Å². The first-order valence-corrected chi connectivity index (χ1v) is 3.41. The van der Waals surface area contributed by atoms with Crippen LogP contribution in [0.4, 0.5) is 0 Å². The Morgan fingerprint density at radius 1 is 1.50 bits per heavy atom. The van der Waals surface area contributed by atoms with Crippen LogP contribution in [-0.2, 0) is 0 Å². The summed E-state index contributed by atoms with van der Waals surface area (Å²) in [6.07, 6.45) is 1.56. The highest BCUT2D eigenvalue weighted by Gasteiger charge is 2.05. The summed E-state index contributed by atoms with van der Waals surface area (Å²) in [6, 6.07) is 3.45. The lowest BCUT2D eigenvalue weighted by Gasteiger charge is -2.04. The number of hydrogen-bond donors (Lipinski definition) is 2. The van der Waals surface area contributed by atoms with Gasteiger partial charge in [0, 0.05) is 17.5 Å². The van der Waals surface area contributed by atoms with Crippen LogP contribution in [0.3, 0.4) is 0 Å². The van der Waals surface area contributed by atoms with E-state index in [1.165, 1.54) is 0 Å². The molecule has 0 unspecified atom stereocenters. The highest BCUT2D eigenvalue weighted by atomic mass is 16.3. The molecule has 0 amide bonds. The van der Waals surface area contributed by atoms with Crippen LogP contribution in [0, 0.1) is 0 Å². The van der Waals surface area contributed by atoms with Crippen LogP contribution in [0.15, 0.2) is 31.5 Å². The first kappa shape index (κ1) is 8.33. The zero-order chi connectivity index (χ0) is 9.14. The van der Waals surface area contributed by atoms with E-state index in [0.717, 1.165) is 0 Å². The third-order valence-electron chi connectivity index (χ3n) is 1.43. The van der Waals surface area contributed by atoms with Gasteiger partial charge in [0.2, 0.25) is 0 Å². The average Bonchev–Trinajstić information content (AvgIpc) is 2.04. The van der Waals surface area contributed by atoms with Crippen LogP contribution in [0.2, 0.25) is 0 Å². The molecule has 0 saturated carbocycles. The summed E-state index contributed by atoms with van der Waals surface area (Å²) in [5, 5.41) is 9.10. The number of rotatable bonds is 2. The van der Waals surface area contributed by atoms with Crippen molar-refractivity contribution in [3.8, 4) is 0 Å². The summed E-state index contributed by atoms with van der Waals surface area (Å²) in [5.74, 6) is -0.0998. The molecule has 0 spiro atoms. The molecule has 0 fully saturated rings. The molecule has 3 nitrogen and oxygen atoms in total. The summed E-state index contributed by atoms with van der Waals surface area (Å²) in [6.45, 7) is 6.92. The second kappa shape index (κ2) is 3.09. The molecule has 3 N–H and O–H groups in total. The Morgan fingerprint density at radius 2 is 2.17 bits per heavy atom. The van der Waals surface area contributed by atoms with Gasteiger partial charge in [-0.3, -0.25) is 4.98 Å². The maximum absolute atomic E-state index is 9.10. The van der Waals surface area contributed by atoms with Crippen molar-refractivity contribution in [3.05, 3.63) is 42.7 Å². The van der Waals surface area contributed by atoms with Gasteiger partial charge in [-0.15, -0.1) is 0 Å². The van der Waals surface area contributed by atoms with E-state index in [1.807, 2.05) is 0 Å². The molecule has 12 heavy (non-hydrogen) atoms. The SMILES string of the molecule is C=C(N)c1cccnc1C(=C)O. The van der Waals surface area contributed by atoms with Gasteiger partial charge in [0.05, 0.1) is 0 Å². The fourth-order valence-corrected chi connectivity index (χ4v) is 0.894. The summed E-state index contributed by atoms with van der Waals surface area (Å²) in [5.41, 5.74) is 6.83. The molecule has 62 valence electrons. The molecule has 0 aromatic carbocycles. The van der Waals surface area contributed by atoms with Crippen molar-refractivity contribution in [1.29, 1.82) is 0 Å². The van der Waals surface area contributed by atoms with Crippen LogP contribution < -0.4 is 5.73 Å². The predicted molar refractivity (Wildman–Crippen MR) is 49.1 cm³/mol. The van der Waals surface area contributed by atoms with Gasteiger partial charge in [-0.25, -0.2) is 0 Å². The molecule has 0 atom stereocenters. The number of pyridine rings is 1. The molecular formula is C9H10N2O. The van der Waals surface area contributed by atoms with Crippen LogP contribution in [-0.4, -0.2) is 10.1 Å². The monoisotopic (exact) mass is 162 g/mol. The molecule has 0 aliphatic heterocycles. The Morgan fingerprint density at radius 3 is 2.58 bits per heavy atom. The van der Waals surface area contributed by atoms with E-state index in [1.54, 1.807) is 18.3 Å². The summed E-state index contributed by atoms with van der Waals surface area (Å²) in [4.78, 5) is 3.91. The maximum atomic E-state index is 9.10. The smallest absolute Gasteiger partial charge is 0.134 e. The minimum Gasteiger partial charge on any atom is -0.506 e. The molecule has 1 aromatic rings. The lowest BCUT2D eigenvalue weighted by molar-refractivity contribution is 0.510. The normalized spacial score (nSPS) is 9.33. The molecule has 3 heteroatoms. The van der Waals surface area contributed by atoms with Gasteiger partial charge in [0.25, 0.3) is 0 Å². The Bertz CT molecular complexity index is 298. The van der Waals surface area contributed by atoms with Crippen LogP contribution in [0.5, 0.6) is 0 Å². The molecule has 0 bridgehead atoms. The van der Waals surface area contributed by atoms with Gasteiger partial charge < -0.3 is 10.8 Å². The number of aromatic nitrogens is 1. The predicted octanol–water partition coefficient (Wildman–Crippen LogP) is 1.54. The number of nitrogens with two attached hydrogens (primary N) is 1. The van der Waals surface area contributed by atoms with Gasteiger partial charge in [0.15, 0.2) is 0 Å². The average molecular weight is 162 g/mol. The second-order valence-electron chi connectivity index (χ2n) is 2.37. The van der Waals surface area contributed by atoms with Gasteiger partial charge in [0.1, 0.15) is 11.5 Å². The molecule has 0 saturated heterocycles. The zero-order valence-electron chi connectivity index (χ0n) is 6.62.